The number of rotatable bonds is 12. The highest BCUT2D eigenvalue weighted by molar-refractivity contribution is 4.72. The normalized spacial score (nSPS) is 11.7. The summed E-state index contributed by atoms with van der Waals surface area (Å²) in [5, 5.41) is 0. The third-order valence-electron chi connectivity index (χ3n) is 7.60. The maximum atomic E-state index is 2.31. The Balaban J connectivity index is -0.000000145. The Morgan fingerprint density at radius 3 is 0.793 bits per heavy atom. The molecule has 0 bridgehead atoms. The summed E-state index contributed by atoms with van der Waals surface area (Å²) in [5.41, 5.74) is 0.667. The molecular weight excluding hydrogens is 348 g/mol. The van der Waals surface area contributed by atoms with E-state index in [1.54, 1.807) is 0 Å². The van der Waals surface area contributed by atoms with Gasteiger partial charge in [-0.1, -0.05) is 167 Å². The smallest absolute Gasteiger partial charge is 0.0308 e. The fourth-order valence-corrected chi connectivity index (χ4v) is 3.35. The molecule has 0 heterocycles. The highest BCUT2D eigenvalue weighted by Gasteiger charge is 2.20. The quantitative estimate of drug-likeness (QED) is 0.298. The van der Waals surface area contributed by atoms with Crippen LogP contribution < -0.4 is 0 Å². The lowest BCUT2D eigenvalue weighted by Gasteiger charge is -2.28. The zero-order chi connectivity index (χ0) is 23.7. The third kappa shape index (κ3) is 26.0. The highest BCUT2D eigenvalue weighted by Crippen LogP contribution is 2.33. The third-order valence-corrected chi connectivity index (χ3v) is 7.60. The van der Waals surface area contributed by atoms with Gasteiger partial charge in [0.1, 0.15) is 0 Å². The molecule has 1 unspecified atom stereocenters. The van der Waals surface area contributed by atoms with E-state index in [1.165, 1.54) is 77.0 Å². The van der Waals surface area contributed by atoms with Crippen LogP contribution in [0.4, 0.5) is 0 Å². The van der Waals surface area contributed by atoms with Gasteiger partial charge in [0.05, 0.1) is 0 Å². The van der Waals surface area contributed by atoms with Crippen molar-refractivity contribution in [2.75, 3.05) is 0 Å². The summed E-state index contributed by atoms with van der Waals surface area (Å²) in [4.78, 5) is 0. The molecule has 0 aliphatic carbocycles. The summed E-state index contributed by atoms with van der Waals surface area (Å²) in [5.74, 6) is 2.87. The first-order valence-corrected chi connectivity index (χ1v) is 13.7. The minimum atomic E-state index is 0.667. The maximum absolute atomic E-state index is 2.31. The van der Waals surface area contributed by atoms with Crippen LogP contribution in [0.25, 0.3) is 0 Å². The predicted molar refractivity (Wildman–Crippen MR) is 142 cm³/mol. The molecular formula is C29H66. The average Bonchev–Trinajstić information content (AvgIpc) is 2.78. The minimum absolute atomic E-state index is 0.667. The Kier molecular flexibility index (Phi) is 35.1. The van der Waals surface area contributed by atoms with Crippen molar-refractivity contribution in [1.29, 1.82) is 0 Å². The Morgan fingerprint density at radius 2 is 0.759 bits per heavy atom. The molecule has 0 heteroatoms. The van der Waals surface area contributed by atoms with Gasteiger partial charge in [-0.2, -0.15) is 0 Å². The van der Waals surface area contributed by atoms with Crippen molar-refractivity contribution in [1.82, 2.24) is 0 Å². The maximum Gasteiger partial charge on any atom is -0.0308 e. The second-order valence-corrected chi connectivity index (χ2v) is 9.23. The van der Waals surface area contributed by atoms with Gasteiger partial charge in [-0.3, -0.25) is 0 Å². The summed E-state index contributed by atoms with van der Waals surface area (Å²) >= 11 is 0. The second-order valence-electron chi connectivity index (χ2n) is 9.23. The molecule has 0 aliphatic heterocycles. The standard InChI is InChI=1S/C9H20.2C7H16.C6H14/c1-5-9(6-2,7-3)8-4;1-4-6-7(3)5-2;1-4-7(5-2)6-3;1-4-6(3)5-2/h5-8H2,1-4H3;2*7H,4-6H2,1-3H3;6H,4-5H2,1-3H3. The molecule has 0 spiro atoms. The molecule has 0 radical (unpaired) electrons. The lowest BCUT2D eigenvalue weighted by atomic mass is 9.78. The summed E-state index contributed by atoms with van der Waals surface area (Å²) < 4.78 is 0. The van der Waals surface area contributed by atoms with Crippen molar-refractivity contribution in [2.24, 2.45) is 23.2 Å². The largest absolute Gasteiger partial charge is 0.0654 e. The van der Waals surface area contributed by atoms with Crippen LogP contribution in [-0.4, -0.2) is 0 Å². The molecule has 0 aromatic rings. The van der Waals surface area contributed by atoms with E-state index < -0.39 is 0 Å². The molecule has 0 aliphatic rings. The Labute approximate surface area is 190 Å². The minimum Gasteiger partial charge on any atom is -0.0654 e. The lowest BCUT2D eigenvalue weighted by Crippen LogP contribution is -2.15. The van der Waals surface area contributed by atoms with Crippen molar-refractivity contribution in [3.05, 3.63) is 0 Å². The Morgan fingerprint density at radius 1 is 0.448 bits per heavy atom. The van der Waals surface area contributed by atoms with Crippen molar-refractivity contribution in [3.63, 3.8) is 0 Å². The average molecular weight is 415 g/mol. The van der Waals surface area contributed by atoms with Crippen LogP contribution in [0.1, 0.15) is 167 Å². The molecule has 0 rings (SSSR count). The molecule has 0 nitrogen and oxygen atoms in total. The fraction of sp³-hybridized carbons (Fsp3) is 1.00. The molecule has 182 valence electrons. The van der Waals surface area contributed by atoms with E-state index in [4.69, 9.17) is 0 Å². The van der Waals surface area contributed by atoms with Gasteiger partial charge < -0.3 is 0 Å². The first-order chi connectivity index (χ1) is 13.7. The molecule has 29 heavy (non-hydrogen) atoms. The Bertz CT molecular complexity index is 220. The number of hydrogen-bond acceptors (Lipinski definition) is 0. The molecule has 0 aromatic carbocycles. The molecule has 1 atom stereocenters. The van der Waals surface area contributed by atoms with Crippen LogP contribution >= 0.6 is 0 Å². The van der Waals surface area contributed by atoms with Crippen LogP contribution in [0.5, 0.6) is 0 Å². The van der Waals surface area contributed by atoms with Crippen molar-refractivity contribution in [2.45, 2.75) is 167 Å². The molecule has 0 amide bonds. The number of hydrogen-bond donors (Lipinski definition) is 0. The summed E-state index contributed by atoms with van der Waals surface area (Å²) in [6.45, 7) is 29.5. The first-order valence-electron chi connectivity index (χ1n) is 13.7. The summed E-state index contributed by atoms with van der Waals surface area (Å²) in [6, 6.07) is 0. The monoisotopic (exact) mass is 415 g/mol. The van der Waals surface area contributed by atoms with E-state index in [0.717, 1.165) is 17.8 Å². The van der Waals surface area contributed by atoms with Gasteiger partial charge in [-0.15, -0.1) is 0 Å². The lowest BCUT2D eigenvalue weighted by molar-refractivity contribution is 0.240. The van der Waals surface area contributed by atoms with E-state index >= 15 is 0 Å². The van der Waals surface area contributed by atoms with Gasteiger partial charge in [0, 0.05) is 0 Å². The second kappa shape index (κ2) is 28.0. The van der Waals surface area contributed by atoms with E-state index in [0.29, 0.717) is 5.41 Å². The van der Waals surface area contributed by atoms with Crippen molar-refractivity contribution < 1.29 is 0 Å². The van der Waals surface area contributed by atoms with Gasteiger partial charge in [0.25, 0.3) is 0 Å². The first kappa shape index (κ1) is 36.4. The zero-order valence-electron chi connectivity index (χ0n) is 23.7. The van der Waals surface area contributed by atoms with Crippen molar-refractivity contribution in [3.8, 4) is 0 Å². The van der Waals surface area contributed by atoms with Gasteiger partial charge in [0.2, 0.25) is 0 Å². The fourth-order valence-electron chi connectivity index (χ4n) is 3.35. The summed E-state index contributed by atoms with van der Waals surface area (Å²) in [6.07, 6.45) is 16.2. The van der Waals surface area contributed by atoms with E-state index in [2.05, 4.69) is 90.0 Å². The van der Waals surface area contributed by atoms with Crippen molar-refractivity contribution >= 4 is 0 Å². The van der Waals surface area contributed by atoms with Gasteiger partial charge >= 0.3 is 0 Å². The SMILES string of the molecule is CCC(C)CC.CCC(CC)(CC)CC.CCC(CC)CC.CCCC(C)CC. The summed E-state index contributed by atoms with van der Waals surface area (Å²) in [7, 11) is 0. The van der Waals surface area contributed by atoms with Crippen LogP contribution in [0, 0.1) is 23.2 Å². The van der Waals surface area contributed by atoms with Crippen LogP contribution in [0.15, 0.2) is 0 Å². The van der Waals surface area contributed by atoms with Gasteiger partial charge in [-0.05, 0) is 23.2 Å². The zero-order valence-corrected chi connectivity index (χ0v) is 23.7. The van der Waals surface area contributed by atoms with Gasteiger partial charge in [0.15, 0.2) is 0 Å². The predicted octanol–water partition coefficient (Wildman–Crippen LogP) is 11.7. The van der Waals surface area contributed by atoms with E-state index in [-0.39, 0.29) is 0 Å². The van der Waals surface area contributed by atoms with Crippen LogP contribution in [-0.2, 0) is 0 Å². The highest BCUT2D eigenvalue weighted by atomic mass is 14.3. The van der Waals surface area contributed by atoms with Crippen LogP contribution in [0.3, 0.4) is 0 Å². The van der Waals surface area contributed by atoms with E-state index in [9.17, 15) is 0 Å². The topological polar surface area (TPSA) is 0 Å². The molecule has 0 fully saturated rings. The Hall–Kier alpha value is 0. The van der Waals surface area contributed by atoms with E-state index in [1.807, 2.05) is 0 Å². The van der Waals surface area contributed by atoms with Gasteiger partial charge in [-0.25, -0.2) is 0 Å². The molecule has 0 saturated carbocycles. The molecule has 0 saturated heterocycles. The van der Waals surface area contributed by atoms with Crippen LogP contribution in [0.2, 0.25) is 0 Å². The molecule has 0 N–H and O–H groups in total. The molecule has 0 aromatic heterocycles.